The van der Waals surface area contributed by atoms with Crippen LogP contribution in [0.2, 0.25) is 0 Å². The maximum atomic E-state index is 12.4. The molecule has 3 N–H and O–H groups in total. The molecule has 104 valence electrons. The molecular weight excluding hydrogens is 304 g/mol. The molecule has 4 heteroatoms. The normalized spacial score (nSPS) is 23.7. The predicted molar refractivity (Wildman–Crippen MR) is 82.1 cm³/mol. The highest BCUT2D eigenvalue weighted by molar-refractivity contribution is 9.10. The van der Waals surface area contributed by atoms with Crippen LogP contribution >= 0.6 is 15.9 Å². The van der Waals surface area contributed by atoms with E-state index in [4.69, 9.17) is 5.73 Å². The number of anilines is 1. The predicted octanol–water partition coefficient (Wildman–Crippen LogP) is 3.60. The summed E-state index contributed by atoms with van der Waals surface area (Å²) >= 11 is 3.47. The van der Waals surface area contributed by atoms with E-state index < -0.39 is 0 Å². The molecular formula is C15H21BrN2O. The van der Waals surface area contributed by atoms with Crippen molar-refractivity contribution in [3.8, 4) is 0 Å². The minimum atomic E-state index is -0.0603. The van der Waals surface area contributed by atoms with E-state index in [1.807, 2.05) is 25.1 Å². The monoisotopic (exact) mass is 324 g/mol. The zero-order valence-corrected chi connectivity index (χ0v) is 12.9. The molecule has 1 aromatic carbocycles. The zero-order chi connectivity index (χ0) is 13.8. The van der Waals surface area contributed by atoms with E-state index in [9.17, 15) is 4.79 Å². The minimum Gasteiger partial charge on any atom is -0.327 e. The summed E-state index contributed by atoms with van der Waals surface area (Å²) in [4.78, 5) is 12.4. The van der Waals surface area contributed by atoms with Gasteiger partial charge in [-0.15, -0.1) is 0 Å². The van der Waals surface area contributed by atoms with Crippen molar-refractivity contribution in [2.45, 2.75) is 45.1 Å². The highest BCUT2D eigenvalue weighted by atomic mass is 79.9. The summed E-state index contributed by atoms with van der Waals surface area (Å²) in [5, 5.41) is 3.01. The summed E-state index contributed by atoms with van der Waals surface area (Å²) in [6.45, 7) is 2.01. The Morgan fingerprint density at radius 3 is 2.84 bits per heavy atom. The number of halogens is 1. The molecule has 0 bridgehead atoms. The molecule has 1 aliphatic rings. The summed E-state index contributed by atoms with van der Waals surface area (Å²) in [6, 6.07) is 5.94. The van der Waals surface area contributed by atoms with Gasteiger partial charge in [-0.2, -0.15) is 0 Å². The first-order valence-corrected chi connectivity index (χ1v) is 7.70. The van der Waals surface area contributed by atoms with Gasteiger partial charge in [0.2, 0.25) is 5.91 Å². The number of aryl methyl sites for hydroxylation is 1. The topological polar surface area (TPSA) is 55.1 Å². The Hall–Kier alpha value is -0.870. The van der Waals surface area contributed by atoms with Crippen molar-refractivity contribution >= 4 is 27.5 Å². The molecule has 3 nitrogen and oxygen atoms in total. The van der Waals surface area contributed by atoms with Crippen molar-refractivity contribution in [1.29, 1.82) is 0 Å². The standard InChI is InChI=1S/C15H21BrN2O/c1-10-7-8-12(16)14(9-10)18-15(19)11-5-3-2-4-6-13(11)17/h7-9,11,13H,2-6,17H2,1H3,(H,18,19). The molecule has 19 heavy (non-hydrogen) atoms. The zero-order valence-electron chi connectivity index (χ0n) is 11.3. The quantitative estimate of drug-likeness (QED) is 0.816. The van der Waals surface area contributed by atoms with E-state index in [1.54, 1.807) is 0 Å². The van der Waals surface area contributed by atoms with Crippen LogP contribution in [0.25, 0.3) is 0 Å². The third-order valence-electron chi connectivity index (χ3n) is 3.79. The van der Waals surface area contributed by atoms with Gasteiger partial charge in [-0.25, -0.2) is 0 Å². The van der Waals surface area contributed by atoms with Gasteiger partial charge in [0, 0.05) is 10.5 Å². The average molecular weight is 325 g/mol. The van der Waals surface area contributed by atoms with Crippen LogP contribution in [-0.2, 0) is 4.79 Å². The van der Waals surface area contributed by atoms with Gasteiger partial charge in [-0.05, 0) is 53.4 Å². The summed E-state index contributed by atoms with van der Waals surface area (Å²) in [5.74, 6) is -0.00406. The Labute approximate surface area is 123 Å². The number of hydrogen-bond donors (Lipinski definition) is 2. The molecule has 1 aromatic rings. The lowest BCUT2D eigenvalue weighted by atomic mass is 9.94. The number of carbonyl (C=O) groups is 1. The highest BCUT2D eigenvalue weighted by Gasteiger charge is 2.27. The van der Waals surface area contributed by atoms with Crippen LogP contribution in [0.5, 0.6) is 0 Å². The maximum Gasteiger partial charge on any atom is 0.229 e. The molecule has 0 saturated heterocycles. The summed E-state index contributed by atoms with van der Waals surface area (Å²) in [7, 11) is 0. The number of hydrogen-bond acceptors (Lipinski definition) is 2. The van der Waals surface area contributed by atoms with E-state index in [0.29, 0.717) is 0 Å². The lowest BCUT2D eigenvalue weighted by molar-refractivity contribution is -0.120. The van der Waals surface area contributed by atoms with Gasteiger partial charge in [-0.3, -0.25) is 4.79 Å². The van der Waals surface area contributed by atoms with Gasteiger partial charge < -0.3 is 11.1 Å². The van der Waals surface area contributed by atoms with Gasteiger partial charge in [0.05, 0.1) is 11.6 Å². The summed E-state index contributed by atoms with van der Waals surface area (Å²) in [6.07, 6.45) is 5.27. The molecule has 1 aliphatic carbocycles. The number of amides is 1. The Kier molecular flexibility index (Phi) is 4.99. The van der Waals surface area contributed by atoms with Crippen molar-refractivity contribution in [2.75, 3.05) is 5.32 Å². The van der Waals surface area contributed by atoms with E-state index in [-0.39, 0.29) is 17.9 Å². The molecule has 2 unspecified atom stereocenters. The fourth-order valence-electron chi connectivity index (χ4n) is 2.62. The van der Waals surface area contributed by atoms with Crippen LogP contribution in [-0.4, -0.2) is 11.9 Å². The Morgan fingerprint density at radius 2 is 2.05 bits per heavy atom. The largest absolute Gasteiger partial charge is 0.327 e. The van der Waals surface area contributed by atoms with E-state index in [2.05, 4.69) is 21.2 Å². The van der Waals surface area contributed by atoms with Crippen molar-refractivity contribution in [2.24, 2.45) is 11.7 Å². The Morgan fingerprint density at radius 1 is 1.32 bits per heavy atom. The molecule has 0 aromatic heterocycles. The second-order valence-electron chi connectivity index (χ2n) is 5.38. The number of nitrogens with two attached hydrogens (primary N) is 1. The van der Waals surface area contributed by atoms with Crippen LogP contribution < -0.4 is 11.1 Å². The smallest absolute Gasteiger partial charge is 0.229 e. The van der Waals surface area contributed by atoms with Crippen LogP contribution in [0.1, 0.15) is 37.7 Å². The summed E-state index contributed by atoms with van der Waals surface area (Å²) < 4.78 is 0.911. The molecule has 0 aliphatic heterocycles. The maximum absolute atomic E-state index is 12.4. The van der Waals surface area contributed by atoms with E-state index in [0.717, 1.165) is 41.4 Å². The molecule has 2 atom stereocenters. The first kappa shape index (κ1) is 14.5. The number of carbonyl (C=O) groups excluding carboxylic acids is 1. The van der Waals surface area contributed by atoms with Crippen LogP contribution in [0.4, 0.5) is 5.69 Å². The fourth-order valence-corrected chi connectivity index (χ4v) is 2.97. The van der Waals surface area contributed by atoms with Crippen molar-refractivity contribution in [3.63, 3.8) is 0 Å². The Bertz CT molecular complexity index is 461. The van der Waals surface area contributed by atoms with Gasteiger partial charge >= 0.3 is 0 Å². The van der Waals surface area contributed by atoms with Crippen molar-refractivity contribution < 1.29 is 4.79 Å². The summed E-state index contributed by atoms with van der Waals surface area (Å²) in [5.41, 5.74) is 8.09. The third-order valence-corrected chi connectivity index (χ3v) is 4.48. The van der Waals surface area contributed by atoms with Crippen LogP contribution in [0, 0.1) is 12.8 Å². The minimum absolute atomic E-state index is 0.00825. The molecule has 0 heterocycles. The van der Waals surface area contributed by atoms with Gasteiger partial charge in [0.15, 0.2) is 0 Å². The van der Waals surface area contributed by atoms with Crippen LogP contribution in [0.3, 0.4) is 0 Å². The van der Waals surface area contributed by atoms with Crippen LogP contribution in [0.15, 0.2) is 22.7 Å². The molecule has 1 saturated carbocycles. The fraction of sp³-hybridized carbons (Fsp3) is 0.533. The van der Waals surface area contributed by atoms with Crippen molar-refractivity contribution in [1.82, 2.24) is 0 Å². The molecule has 0 radical (unpaired) electrons. The molecule has 1 amide bonds. The highest BCUT2D eigenvalue weighted by Crippen LogP contribution is 2.27. The van der Waals surface area contributed by atoms with E-state index >= 15 is 0 Å². The van der Waals surface area contributed by atoms with Gasteiger partial charge in [0.1, 0.15) is 0 Å². The van der Waals surface area contributed by atoms with Crippen molar-refractivity contribution in [3.05, 3.63) is 28.2 Å². The molecule has 2 rings (SSSR count). The second kappa shape index (κ2) is 6.53. The lowest BCUT2D eigenvalue weighted by Crippen LogP contribution is -2.37. The first-order chi connectivity index (χ1) is 9.08. The lowest BCUT2D eigenvalue weighted by Gasteiger charge is -2.21. The number of rotatable bonds is 2. The number of benzene rings is 1. The van der Waals surface area contributed by atoms with Gasteiger partial charge in [0.25, 0.3) is 0 Å². The Balaban J connectivity index is 2.09. The number of nitrogens with one attached hydrogen (secondary N) is 1. The second-order valence-corrected chi connectivity index (χ2v) is 6.24. The SMILES string of the molecule is Cc1ccc(Br)c(NC(=O)C2CCCCCC2N)c1. The average Bonchev–Trinajstić information content (AvgIpc) is 2.58. The van der Waals surface area contributed by atoms with Gasteiger partial charge in [-0.1, -0.05) is 25.3 Å². The van der Waals surface area contributed by atoms with E-state index in [1.165, 1.54) is 6.42 Å². The molecule has 0 spiro atoms. The third kappa shape index (κ3) is 3.80. The first-order valence-electron chi connectivity index (χ1n) is 6.90. The molecule has 1 fully saturated rings.